The van der Waals surface area contributed by atoms with Gasteiger partial charge in [0.1, 0.15) is 0 Å². The van der Waals surface area contributed by atoms with Crippen LogP contribution in [0.4, 0.5) is 5.69 Å². The third kappa shape index (κ3) is 1.48. The Morgan fingerprint density at radius 2 is 2.18 bits per heavy atom. The van der Waals surface area contributed by atoms with Crippen LogP contribution >= 0.6 is 0 Å². The van der Waals surface area contributed by atoms with E-state index in [0.29, 0.717) is 12.6 Å². The van der Waals surface area contributed by atoms with Gasteiger partial charge in [-0.1, -0.05) is 18.2 Å². The van der Waals surface area contributed by atoms with Gasteiger partial charge in [0.25, 0.3) is 0 Å². The molecule has 2 bridgehead atoms. The molecule has 90 valence electrons. The van der Waals surface area contributed by atoms with Gasteiger partial charge in [-0.05, 0) is 25.1 Å². The highest BCUT2D eigenvalue weighted by Gasteiger charge is 2.48. The minimum atomic E-state index is 0.0748. The van der Waals surface area contributed by atoms with Crippen molar-refractivity contribution in [1.29, 1.82) is 0 Å². The molecule has 2 saturated heterocycles. The smallest absolute Gasteiger partial charge is 0.244 e. The maximum atomic E-state index is 12.3. The van der Waals surface area contributed by atoms with Crippen LogP contribution in [0.15, 0.2) is 24.3 Å². The first-order chi connectivity index (χ1) is 8.22. The lowest BCUT2D eigenvalue weighted by Gasteiger charge is -2.32. The summed E-state index contributed by atoms with van der Waals surface area (Å²) in [5, 5.41) is 0. The quantitative estimate of drug-likeness (QED) is 0.809. The Morgan fingerprint density at radius 1 is 1.41 bits per heavy atom. The molecule has 1 aromatic carbocycles. The molecule has 2 unspecified atom stereocenters. The van der Waals surface area contributed by atoms with E-state index in [-0.39, 0.29) is 11.9 Å². The number of likely N-dealkylation sites (N-methyl/N-ethyl adjacent to an activating group) is 1. The molecule has 0 aromatic heterocycles. The second-order valence-corrected chi connectivity index (χ2v) is 4.89. The van der Waals surface area contributed by atoms with Crippen molar-refractivity contribution in [3.63, 3.8) is 0 Å². The molecule has 1 amide bonds. The van der Waals surface area contributed by atoms with Crippen LogP contribution in [0.25, 0.3) is 0 Å². The maximum Gasteiger partial charge on any atom is 0.244 e. The summed E-state index contributed by atoms with van der Waals surface area (Å²) in [6.45, 7) is 1.45. The normalized spacial score (nSPS) is 28.1. The standard InChI is InChI=1S/C13H17N3O/c1-15-8-10-6-12(15)13(17)16(10)11-5-3-2-4-9(11)7-14/h2-5,10,12H,6-8,14H2,1H3. The lowest BCUT2D eigenvalue weighted by molar-refractivity contribution is -0.122. The van der Waals surface area contributed by atoms with E-state index >= 15 is 0 Å². The zero-order valence-corrected chi connectivity index (χ0v) is 9.97. The van der Waals surface area contributed by atoms with Crippen LogP contribution in [-0.4, -0.2) is 36.5 Å². The van der Waals surface area contributed by atoms with Crippen molar-refractivity contribution in [2.45, 2.75) is 25.0 Å². The topological polar surface area (TPSA) is 49.6 Å². The lowest BCUT2D eigenvalue weighted by Crippen LogP contribution is -2.49. The second kappa shape index (κ2) is 3.82. The van der Waals surface area contributed by atoms with Crippen molar-refractivity contribution in [2.75, 3.05) is 18.5 Å². The number of nitrogens with two attached hydrogens (primary N) is 1. The molecule has 0 radical (unpaired) electrons. The van der Waals surface area contributed by atoms with Crippen LogP contribution in [0, 0.1) is 0 Å². The summed E-state index contributed by atoms with van der Waals surface area (Å²) in [5.41, 5.74) is 7.79. The Hall–Kier alpha value is -1.39. The summed E-state index contributed by atoms with van der Waals surface area (Å²) in [6.07, 6.45) is 0.953. The van der Waals surface area contributed by atoms with Crippen LogP contribution in [0.5, 0.6) is 0 Å². The second-order valence-electron chi connectivity index (χ2n) is 4.89. The molecule has 0 saturated carbocycles. The summed E-state index contributed by atoms with van der Waals surface area (Å²) in [4.78, 5) is 16.4. The predicted molar refractivity (Wildman–Crippen MR) is 66.6 cm³/mol. The van der Waals surface area contributed by atoms with Crippen LogP contribution in [-0.2, 0) is 11.3 Å². The molecule has 2 aliphatic rings. The molecule has 4 nitrogen and oxygen atoms in total. The molecule has 2 N–H and O–H groups in total. The number of amides is 1. The maximum absolute atomic E-state index is 12.3. The highest BCUT2D eigenvalue weighted by molar-refractivity contribution is 6.01. The molecular formula is C13H17N3O. The number of para-hydroxylation sites is 1. The van der Waals surface area contributed by atoms with Gasteiger partial charge in [-0.2, -0.15) is 0 Å². The summed E-state index contributed by atoms with van der Waals surface area (Å²) in [5.74, 6) is 0.227. The molecule has 0 spiro atoms. The van der Waals surface area contributed by atoms with Crippen molar-refractivity contribution in [3.8, 4) is 0 Å². The van der Waals surface area contributed by atoms with Crippen LogP contribution in [0.1, 0.15) is 12.0 Å². The third-order valence-corrected chi connectivity index (χ3v) is 3.88. The van der Waals surface area contributed by atoms with Crippen LogP contribution in [0.3, 0.4) is 0 Å². The van der Waals surface area contributed by atoms with E-state index in [1.807, 2.05) is 36.2 Å². The molecule has 2 aliphatic heterocycles. The van der Waals surface area contributed by atoms with Gasteiger partial charge in [-0.25, -0.2) is 0 Å². The van der Waals surface area contributed by atoms with Gasteiger partial charge in [-0.3, -0.25) is 9.69 Å². The average molecular weight is 231 g/mol. The lowest BCUT2D eigenvalue weighted by atomic mass is 10.1. The summed E-state index contributed by atoms with van der Waals surface area (Å²) in [6, 6.07) is 8.34. The fourth-order valence-corrected chi connectivity index (χ4v) is 3.02. The minimum Gasteiger partial charge on any atom is -0.326 e. The molecule has 2 heterocycles. The number of carbonyl (C=O) groups excluding carboxylic acids is 1. The van der Waals surface area contributed by atoms with E-state index in [1.165, 1.54) is 0 Å². The number of hydrogen-bond acceptors (Lipinski definition) is 3. The Bertz CT molecular complexity index is 460. The van der Waals surface area contributed by atoms with Crippen molar-refractivity contribution < 1.29 is 4.79 Å². The summed E-state index contributed by atoms with van der Waals surface area (Å²) >= 11 is 0. The van der Waals surface area contributed by atoms with E-state index in [9.17, 15) is 4.79 Å². The number of rotatable bonds is 2. The molecule has 0 aliphatic carbocycles. The number of anilines is 1. The van der Waals surface area contributed by atoms with Gasteiger partial charge < -0.3 is 10.6 Å². The minimum absolute atomic E-state index is 0.0748. The molecular weight excluding hydrogens is 214 g/mol. The largest absolute Gasteiger partial charge is 0.326 e. The Morgan fingerprint density at radius 3 is 2.82 bits per heavy atom. The number of hydrogen-bond donors (Lipinski definition) is 1. The van der Waals surface area contributed by atoms with Crippen LogP contribution in [0.2, 0.25) is 0 Å². The molecule has 17 heavy (non-hydrogen) atoms. The molecule has 2 fully saturated rings. The van der Waals surface area contributed by atoms with Crippen molar-refractivity contribution in [3.05, 3.63) is 29.8 Å². The molecule has 1 aromatic rings. The first-order valence-electron chi connectivity index (χ1n) is 6.03. The first kappa shape index (κ1) is 10.7. The van der Waals surface area contributed by atoms with Gasteiger partial charge in [0, 0.05) is 18.8 Å². The zero-order chi connectivity index (χ0) is 12.0. The van der Waals surface area contributed by atoms with Crippen molar-refractivity contribution >= 4 is 11.6 Å². The van der Waals surface area contributed by atoms with Gasteiger partial charge in [0.2, 0.25) is 5.91 Å². The molecule has 4 heteroatoms. The Kier molecular flexibility index (Phi) is 2.42. The third-order valence-electron chi connectivity index (χ3n) is 3.88. The highest BCUT2D eigenvalue weighted by Crippen LogP contribution is 2.36. The van der Waals surface area contributed by atoms with Gasteiger partial charge >= 0.3 is 0 Å². The fraction of sp³-hybridized carbons (Fsp3) is 0.462. The van der Waals surface area contributed by atoms with E-state index in [4.69, 9.17) is 5.73 Å². The predicted octanol–water partition coefficient (Wildman–Crippen LogP) is 0.565. The SMILES string of the molecule is CN1CC2CC1C(=O)N2c1ccccc1CN. The first-order valence-corrected chi connectivity index (χ1v) is 6.03. The van der Waals surface area contributed by atoms with Gasteiger partial charge in [-0.15, -0.1) is 0 Å². The summed E-state index contributed by atoms with van der Waals surface area (Å²) < 4.78 is 0. The Labute approximate surface area is 101 Å². The average Bonchev–Trinajstić information content (AvgIpc) is 2.85. The summed E-state index contributed by atoms with van der Waals surface area (Å²) in [7, 11) is 2.02. The van der Waals surface area contributed by atoms with Crippen molar-refractivity contribution in [2.24, 2.45) is 5.73 Å². The Balaban J connectivity index is 1.98. The number of fused-ring (bicyclic) bond motifs is 2. The number of piperazine rings is 1. The number of likely N-dealkylation sites (tertiary alicyclic amines) is 1. The van der Waals surface area contributed by atoms with E-state index < -0.39 is 0 Å². The highest BCUT2D eigenvalue weighted by atomic mass is 16.2. The molecule has 3 rings (SSSR count). The van der Waals surface area contributed by atoms with E-state index in [2.05, 4.69) is 4.90 Å². The van der Waals surface area contributed by atoms with Crippen LogP contribution < -0.4 is 10.6 Å². The van der Waals surface area contributed by atoms with E-state index in [1.54, 1.807) is 0 Å². The van der Waals surface area contributed by atoms with E-state index in [0.717, 1.165) is 24.2 Å². The number of benzene rings is 1. The monoisotopic (exact) mass is 231 g/mol. The number of nitrogens with zero attached hydrogens (tertiary/aromatic N) is 2. The van der Waals surface area contributed by atoms with Crippen molar-refractivity contribution in [1.82, 2.24) is 4.90 Å². The number of carbonyl (C=O) groups is 1. The zero-order valence-electron chi connectivity index (χ0n) is 9.97. The molecule has 2 atom stereocenters. The van der Waals surface area contributed by atoms with Gasteiger partial charge in [0.05, 0.1) is 12.1 Å². The fourth-order valence-electron chi connectivity index (χ4n) is 3.02. The van der Waals surface area contributed by atoms with Gasteiger partial charge in [0.15, 0.2) is 0 Å².